The summed E-state index contributed by atoms with van der Waals surface area (Å²) in [6.07, 6.45) is 0. The van der Waals surface area contributed by atoms with Crippen LogP contribution in [0.4, 0.5) is 5.69 Å². The smallest absolute Gasteiger partial charge is 0.326 e. The maximum atomic E-state index is 11.8. The second-order valence-corrected chi connectivity index (χ2v) is 4.03. The van der Waals surface area contributed by atoms with E-state index < -0.39 is 17.2 Å². The van der Waals surface area contributed by atoms with E-state index in [4.69, 9.17) is 11.6 Å². The van der Waals surface area contributed by atoms with Crippen molar-refractivity contribution in [3.63, 3.8) is 0 Å². The van der Waals surface area contributed by atoms with E-state index in [-0.39, 0.29) is 22.2 Å². The Kier molecular flexibility index (Phi) is 3.39. The van der Waals surface area contributed by atoms with Crippen LogP contribution in [0.2, 0.25) is 5.02 Å². The number of aromatic hydroxyl groups is 1. The monoisotopic (exact) mass is 281 g/mol. The first-order valence-corrected chi connectivity index (χ1v) is 5.47. The standard InChI is InChI=1S/C11H8ClN3O4/c12-6-2-1-5(3-8(6)16)13-10(18)7-4-9(17)15-11(19)14-7/h1-4,16H,(H,13,18)(H2,14,15,17,19). The topological polar surface area (TPSA) is 115 Å². The number of hydrogen-bond donors (Lipinski definition) is 4. The number of aromatic amines is 2. The summed E-state index contributed by atoms with van der Waals surface area (Å²) < 4.78 is 0. The lowest BCUT2D eigenvalue weighted by Crippen LogP contribution is -2.27. The van der Waals surface area contributed by atoms with E-state index in [1.165, 1.54) is 18.2 Å². The summed E-state index contributed by atoms with van der Waals surface area (Å²) >= 11 is 5.62. The van der Waals surface area contributed by atoms with E-state index in [0.717, 1.165) is 6.07 Å². The van der Waals surface area contributed by atoms with Crippen molar-refractivity contribution in [2.45, 2.75) is 0 Å². The van der Waals surface area contributed by atoms with E-state index in [9.17, 15) is 19.5 Å². The van der Waals surface area contributed by atoms with Crippen molar-refractivity contribution in [1.82, 2.24) is 9.97 Å². The molecule has 0 spiro atoms. The number of nitrogens with one attached hydrogen (secondary N) is 3. The molecule has 0 aliphatic rings. The summed E-state index contributed by atoms with van der Waals surface area (Å²) in [5, 5.41) is 11.9. The van der Waals surface area contributed by atoms with Gasteiger partial charge in [0, 0.05) is 17.8 Å². The van der Waals surface area contributed by atoms with Crippen LogP contribution in [0, 0.1) is 0 Å². The van der Waals surface area contributed by atoms with Gasteiger partial charge in [-0.1, -0.05) is 11.6 Å². The number of aromatic nitrogens is 2. The van der Waals surface area contributed by atoms with E-state index in [1.54, 1.807) is 0 Å². The molecule has 19 heavy (non-hydrogen) atoms. The maximum absolute atomic E-state index is 11.8. The highest BCUT2D eigenvalue weighted by Gasteiger charge is 2.09. The van der Waals surface area contributed by atoms with Crippen LogP contribution in [-0.2, 0) is 0 Å². The minimum absolute atomic E-state index is 0.141. The molecular formula is C11H8ClN3O4. The summed E-state index contributed by atoms with van der Waals surface area (Å²) in [5.41, 5.74) is -1.39. The first kappa shape index (κ1) is 12.9. The number of anilines is 1. The molecule has 0 bridgehead atoms. The van der Waals surface area contributed by atoms with Crippen LogP contribution in [0.25, 0.3) is 0 Å². The minimum atomic E-state index is -0.781. The van der Waals surface area contributed by atoms with Gasteiger partial charge in [0.15, 0.2) is 0 Å². The summed E-state index contributed by atoms with van der Waals surface area (Å²) in [7, 11) is 0. The molecule has 0 saturated carbocycles. The molecular weight excluding hydrogens is 274 g/mol. The fourth-order valence-corrected chi connectivity index (χ4v) is 1.50. The number of amides is 1. The molecule has 0 atom stereocenters. The fraction of sp³-hybridized carbons (Fsp3) is 0. The average Bonchev–Trinajstić information content (AvgIpc) is 2.32. The third-order valence-electron chi connectivity index (χ3n) is 2.21. The molecule has 98 valence electrons. The Bertz CT molecular complexity index is 722. The van der Waals surface area contributed by atoms with Gasteiger partial charge in [-0.3, -0.25) is 14.6 Å². The van der Waals surface area contributed by atoms with Gasteiger partial charge in [0.05, 0.1) is 5.02 Å². The second kappa shape index (κ2) is 4.99. The van der Waals surface area contributed by atoms with Crippen LogP contribution in [0.15, 0.2) is 33.9 Å². The molecule has 0 aliphatic carbocycles. The Morgan fingerprint density at radius 1 is 1.21 bits per heavy atom. The number of halogens is 1. The quantitative estimate of drug-likeness (QED) is 0.647. The van der Waals surface area contributed by atoms with Crippen molar-refractivity contribution in [2.75, 3.05) is 5.32 Å². The second-order valence-electron chi connectivity index (χ2n) is 3.62. The normalized spacial score (nSPS) is 10.2. The SMILES string of the molecule is O=C(Nc1ccc(Cl)c(O)c1)c1cc(=O)[nH]c(=O)[nH]1. The molecule has 2 rings (SSSR count). The lowest BCUT2D eigenvalue weighted by molar-refractivity contribution is 0.102. The van der Waals surface area contributed by atoms with Gasteiger partial charge in [-0.25, -0.2) is 4.79 Å². The number of H-pyrrole nitrogens is 2. The predicted molar refractivity (Wildman–Crippen MR) is 68.8 cm³/mol. The largest absolute Gasteiger partial charge is 0.506 e. The summed E-state index contributed by atoms with van der Waals surface area (Å²) in [6.45, 7) is 0. The van der Waals surface area contributed by atoms with Gasteiger partial charge in [0.25, 0.3) is 11.5 Å². The maximum Gasteiger partial charge on any atom is 0.326 e. The zero-order chi connectivity index (χ0) is 14.0. The van der Waals surface area contributed by atoms with Crippen LogP contribution in [0.3, 0.4) is 0 Å². The van der Waals surface area contributed by atoms with Crippen LogP contribution in [-0.4, -0.2) is 21.0 Å². The fourth-order valence-electron chi connectivity index (χ4n) is 1.38. The Hall–Kier alpha value is -2.54. The number of benzene rings is 1. The van der Waals surface area contributed by atoms with Crippen LogP contribution in [0.5, 0.6) is 5.75 Å². The van der Waals surface area contributed by atoms with Gasteiger partial charge >= 0.3 is 5.69 Å². The number of hydrogen-bond acceptors (Lipinski definition) is 4. The number of phenols is 1. The van der Waals surface area contributed by atoms with Gasteiger partial charge < -0.3 is 15.4 Å². The molecule has 0 aliphatic heterocycles. The van der Waals surface area contributed by atoms with E-state index in [1.807, 2.05) is 4.98 Å². The van der Waals surface area contributed by atoms with E-state index in [2.05, 4.69) is 10.3 Å². The van der Waals surface area contributed by atoms with E-state index >= 15 is 0 Å². The molecule has 0 fully saturated rings. The average molecular weight is 282 g/mol. The van der Waals surface area contributed by atoms with Gasteiger partial charge in [0.2, 0.25) is 0 Å². The first-order chi connectivity index (χ1) is 8.95. The Morgan fingerprint density at radius 3 is 2.58 bits per heavy atom. The van der Waals surface area contributed by atoms with Gasteiger partial charge in [-0.05, 0) is 12.1 Å². The van der Waals surface area contributed by atoms with Crippen molar-refractivity contribution in [2.24, 2.45) is 0 Å². The lowest BCUT2D eigenvalue weighted by atomic mass is 10.3. The molecule has 0 unspecified atom stereocenters. The molecule has 1 aromatic heterocycles. The number of rotatable bonds is 2. The Balaban J connectivity index is 2.27. The van der Waals surface area contributed by atoms with Crippen molar-refractivity contribution >= 4 is 23.2 Å². The zero-order valence-electron chi connectivity index (χ0n) is 9.36. The highest BCUT2D eigenvalue weighted by molar-refractivity contribution is 6.32. The van der Waals surface area contributed by atoms with Gasteiger partial charge in [0.1, 0.15) is 11.4 Å². The molecule has 0 saturated heterocycles. The van der Waals surface area contributed by atoms with Gasteiger partial charge in [-0.2, -0.15) is 0 Å². The molecule has 1 aromatic carbocycles. The molecule has 7 nitrogen and oxygen atoms in total. The molecule has 0 radical (unpaired) electrons. The number of phenolic OH excluding ortho intramolecular Hbond substituents is 1. The minimum Gasteiger partial charge on any atom is -0.506 e. The van der Waals surface area contributed by atoms with E-state index in [0.29, 0.717) is 0 Å². The van der Waals surface area contributed by atoms with Crippen LogP contribution < -0.4 is 16.6 Å². The molecule has 8 heteroatoms. The third kappa shape index (κ3) is 3.02. The Morgan fingerprint density at radius 2 is 1.95 bits per heavy atom. The number of carbonyl (C=O) groups is 1. The van der Waals surface area contributed by atoms with Gasteiger partial charge in [-0.15, -0.1) is 0 Å². The lowest BCUT2D eigenvalue weighted by Gasteiger charge is -2.05. The first-order valence-electron chi connectivity index (χ1n) is 5.09. The van der Waals surface area contributed by atoms with Crippen molar-refractivity contribution in [3.8, 4) is 5.75 Å². The molecule has 1 amide bonds. The summed E-state index contributed by atoms with van der Waals surface area (Å²) in [4.78, 5) is 38.0. The third-order valence-corrected chi connectivity index (χ3v) is 2.53. The Labute approximate surface area is 110 Å². The van der Waals surface area contributed by atoms with Crippen molar-refractivity contribution in [3.05, 3.63) is 55.8 Å². The van der Waals surface area contributed by atoms with Crippen molar-refractivity contribution in [1.29, 1.82) is 0 Å². The number of carbonyl (C=O) groups excluding carboxylic acids is 1. The predicted octanol–water partition coefficient (Wildman–Crippen LogP) is 0.674. The highest BCUT2D eigenvalue weighted by atomic mass is 35.5. The molecule has 1 heterocycles. The molecule has 4 N–H and O–H groups in total. The van der Waals surface area contributed by atoms with Crippen LogP contribution in [0.1, 0.15) is 10.5 Å². The summed E-state index contributed by atoms with van der Waals surface area (Å²) in [5.74, 6) is -0.885. The summed E-state index contributed by atoms with van der Waals surface area (Å²) in [6, 6.07) is 5.05. The highest BCUT2D eigenvalue weighted by Crippen LogP contribution is 2.26. The zero-order valence-corrected chi connectivity index (χ0v) is 10.1. The van der Waals surface area contributed by atoms with Crippen LogP contribution >= 0.6 is 11.6 Å². The van der Waals surface area contributed by atoms with Crippen molar-refractivity contribution < 1.29 is 9.90 Å². The molecule has 2 aromatic rings.